The van der Waals surface area contributed by atoms with Crippen molar-refractivity contribution in [1.29, 1.82) is 0 Å². The first kappa shape index (κ1) is 17.5. The van der Waals surface area contributed by atoms with Gasteiger partial charge in [0, 0.05) is 50.0 Å². The molecule has 1 atom stereocenters. The van der Waals surface area contributed by atoms with Crippen molar-refractivity contribution in [2.24, 2.45) is 10.9 Å². The second kappa shape index (κ2) is 7.78. The summed E-state index contributed by atoms with van der Waals surface area (Å²) < 4.78 is 20.0. The van der Waals surface area contributed by atoms with Gasteiger partial charge < -0.3 is 14.5 Å². The van der Waals surface area contributed by atoms with Crippen molar-refractivity contribution in [2.75, 3.05) is 38.2 Å². The first-order valence-corrected chi connectivity index (χ1v) is 9.23. The van der Waals surface area contributed by atoms with E-state index in [4.69, 9.17) is 4.74 Å². The van der Waals surface area contributed by atoms with E-state index in [-0.39, 0.29) is 5.82 Å². The molecule has 0 bridgehead atoms. The summed E-state index contributed by atoms with van der Waals surface area (Å²) >= 11 is 0. The highest BCUT2D eigenvalue weighted by atomic mass is 19.1. The Hall–Kier alpha value is -2.89. The van der Waals surface area contributed by atoms with Crippen LogP contribution in [-0.2, 0) is 4.74 Å². The third-order valence-electron chi connectivity index (χ3n) is 5.00. The molecule has 3 heterocycles. The average molecular weight is 366 g/mol. The summed E-state index contributed by atoms with van der Waals surface area (Å²) in [6.07, 6.45) is 5.77. The summed E-state index contributed by atoms with van der Waals surface area (Å²) in [5.74, 6) is 0.0824. The molecule has 1 aromatic heterocycles. The number of likely N-dealkylation sites (N-methyl/N-ethyl adjacent to an activating group) is 1. The van der Waals surface area contributed by atoms with Crippen molar-refractivity contribution in [2.45, 2.75) is 6.42 Å². The van der Waals surface area contributed by atoms with Crippen LogP contribution < -0.4 is 4.90 Å². The molecular formula is C21H23FN4O. The third kappa shape index (κ3) is 3.94. The molecule has 0 aliphatic carbocycles. The van der Waals surface area contributed by atoms with Crippen LogP contribution in [0.5, 0.6) is 0 Å². The molecule has 0 N–H and O–H groups in total. The lowest BCUT2D eigenvalue weighted by Crippen LogP contribution is -2.33. The van der Waals surface area contributed by atoms with E-state index < -0.39 is 0 Å². The largest absolute Gasteiger partial charge is 0.465 e. The van der Waals surface area contributed by atoms with Gasteiger partial charge in [0.05, 0.1) is 18.5 Å². The van der Waals surface area contributed by atoms with Crippen LogP contribution in [-0.4, -0.2) is 49.2 Å². The standard InChI is InChI=1S/C21H23FN4O/c1-25-11-9-20(18-7-10-23-13-19(18)22)24-21(25)27-15-16-8-12-26(14-16)17-5-3-2-4-6-17/h2-7,9-10,13,16H,8,11-12,14-15H2,1H3. The Kier molecular flexibility index (Phi) is 5.05. The van der Waals surface area contributed by atoms with E-state index >= 15 is 0 Å². The summed E-state index contributed by atoms with van der Waals surface area (Å²) in [5, 5.41) is 0. The van der Waals surface area contributed by atoms with E-state index in [1.54, 1.807) is 12.3 Å². The minimum atomic E-state index is -0.370. The lowest BCUT2D eigenvalue weighted by molar-refractivity contribution is 0.210. The van der Waals surface area contributed by atoms with Gasteiger partial charge in [0.25, 0.3) is 6.02 Å². The van der Waals surface area contributed by atoms with Crippen LogP contribution in [0.2, 0.25) is 0 Å². The van der Waals surface area contributed by atoms with Gasteiger partial charge in [-0.2, -0.15) is 4.99 Å². The fourth-order valence-electron chi connectivity index (χ4n) is 3.47. The Morgan fingerprint density at radius 2 is 2.07 bits per heavy atom. The highest BCUT2D eigenvalue weighted by Crippen LogP contribution is 2.25. The van der Waals surface area contributed by atoms with Gasteiger partial charge in [0.1, 0.15) is 0 Å². The molecule has 6 heteroatoms. The number of ether oxygens (including phenoxy) is 1. The van der Waals surface area contributed by atoms with Gasteiger partial charge >= 0.3 is 0 Å². The number of halogens is 1. The van der Waals surface area contributed by atoms with Gasteiger partial charge in [-0.25, -0.2) is 4.39 Å². The minimum absolute atomic E-state index is 0.370. The minimum Gasteiger partial charge on any atom is -0.465 e. The maximum absolute atomic E-state index is 14.0. The van der Waals surface area contributed by atoms with Gasteiger partial charge in [-0.05, 0) is 30.7 Å². The number of nitrogens with zero attached hydrogens (tertiary/aromatic N) is 4. The number of para-hydroxylation sites is 1. The summed E-state index contributed by atoms with van der Waals surface area (Å²) in [6.45, 7) is 3.26. The molecule has 140 valence electrons. The molecule has 4 rings (SSSR count). The normalized spacial score (nSPS) is 19.7. The topological polar surface area (TPSA) is 41.0 Å². The van der Waals surface area contributed by atoms with E-state index in [0.29, 0.717) is 36.4 Å². The summed E-state index contributed by atoms with van der Waals surface area (Å²) in [5.41, 5.74) is 2.31. The number of benzene rings is 1. The van der Waals surface area contributed by atoms with Gasteiger partial charge in [-0.3, -0.25) is 4.98 Å². The van der Waals surface area contributed by atoms with Crippen molar-refractivity contribution >= 4 is 17.4 Å². The quantitative estimate of drug-likeness (QED) is 0.832. The van der Waals surface area contributed by atoms with Crippen molar-refractivity contribution in [3.05, 3.63) is 66.2 Å². The molecule has 1 aromatic carbocycles. The van der Waals surface area contributed by atoms with E-state index in [1.165, 1.54) is 11.9 Å². The van der Waals surface area contributed by atoms with E-state index in [9.17, 15) is 4.39 Å². The highest BCUT2D eigenvalue weighted by molar-refractivity contribution is 5.84. The molecule has 2 aromatic rings. The molecular weight excluding hydrogens is 343 g/mol. The van der Waals surface area contributed by atoms with Crippen molar-refractivity contribution in [1.82, 2.24) is 9.88 Å². The number of aliphatic imine (C=N–C) groups is 1. The lowest BCUT2D eigenvalue weighted by atomic mass is 10.1. The Morgan fingerprint density at radius 3 is 2.89 bits per heavy atom. The molecule has 27 heavy (non-hydrogen) atoms. The molecule has 0 saturated carbocycles. The Balaban J connectivity index is 1.39. The molecule has 1 fully saturated rings. The van der Waals surface area contributed by atoms with Crippen molar-refractivity contribution in [3.8, 4) is 0 Å². The van der Waals surface area contributed by atoms with Crippen LogP contribution in [0.4, 0.5) is 10.1 Å². The fraction of sp³-hybridized carbons (Fsp3) is 0.333. The van der Waals surface area contributed by atoms with E-state index in [2.05, 4.69) is 39.1 Å². The van der Waals surface area contributed by atoms with Crippen LogP contribution in [0.15, 0.2) is 59.9 Å². The monoisotopic (exact) mass is 366 g/mol. The molecule has 0 amide bonds. The first-order chi connectivity index (χ1) is 13.2. The van der Waals surface area contributed by atoms with Crippen LogP contribution in [0.3, 0.4) is 0 Å². The van der Waals surface area contributed by atoms with Gasteiger partial charge in [-0.15, -0.1) is 0 Å². The number of pyridine rings is 1. The van der Waals surface area contributed by atoms with Gasteiger partial charge in [0.2, 0.25) is 0 Å². The van der Waals surface area contributed by atoms with Gasteiger partial charge in [0.15, 0.2) is 5.82 Å². The average Bonchev–Trinajstić information content (AvgIpc) is 3.18. The zero-order valence-corrected chi connectivity index (χ0v) is 15.4. The van der Waals surface area contributed by atoms with Crippen LogP contribution in [0, 0.1) is 11.7 Å². The Bertz CT molecular complexity index is 852. The number of hydrogen-bond donors (Lipinski definition) is 0. The number of anilines is 1. The molecule has 1 unspecified atom stereocenters. The van der Waals surface area contributed by atoms with E-state index in [1.807, 2.05) is 24.1 Å². The zero-order chi connectivity index (χ0) is 18.6. The predicted molar refractivity (Wildman–Crippen MR) is 105 cm³/mol. The SMILES string of the molecule is CN1CC=C(c2ccncc2F)N=C1OCC1CCN(c2ccccc2)C1. The van der Waals surface area contributed by atoms with Crippen LogP contribution in [0.25, 0.3) is 5.70 Å². The number of hydrogen-bond acceptors (Lipinski definition) is 5. The van der Waals surface area contributed by atoms with Crippen molar-refractivity contribution in [3.63, 3.8) is 0 Å². The first-order valence-electron chi connectivity index (χ1n) is 9.23. The van der Waals surface area contributed by atoms with Crippen LogP contribution >= 0.6 is 0 Å². The van der Waals surface area contributed by atoms with Crippen molar-refractivity contribution < 1.29 is 9.13 Å². The molecule has 2 aliphatic heterocycles. The summed E-state index contributed by atoms with van der Waals surface area (Å²) in [7, 11) is 1.93. The Labute approximate surface area is 158 Å². The summed E-state index contributed by atoms with van der Waals surface area (Å²) in [6, 6.07) is 12.6. The molecule has 0 spiro atoms. The smallest absolute Gasteiger partial charge is 0.292 e. The number of rotatable bonds is 4. The fourth-order valence-corrected chi connectivity index (χ4v) is 3.47. The molecule has 0 radical (unpaired) electrons. The molecule has 5 nitrogen and oxygen atoms in total. The third-order valence-corrected chi connectivity index (χ3v) is 5.00. The number of amidine groups is 1. The maximum Gasteiger partial charge on any atom is 0.292 e. The zero-order valence-electron chi connectivity index (χ0n) is 15.4. The molecule has 2 aliphatic rings. The summed E-state index contributed by atoms with van der Waals surface area (Å²) in [4.78, 5) is 12.7. The van der Waals surface area contributed by atoms with Crippen LogP contribution in [0.1, 0.15) is 12.0 Å². The highest BCUT2D eigenvalue weighted by Gasteiger charge is 2.25. The predicted octanol–water partition coefficient (Wildman–Crippen LogP) is 3.41. The lowest BCUT2D eigenvalue weighted by Gasteiger charge is -2.25. The second-order valence-electron chi connectivity index (χ2n) is 6.97. The Morgan fingerprint density at radius 1 is 1.22 bits per heavy atom. The van der Waals surface area contributed by atoms with Gasteiger partial charge in [-0.1, -0.05) is 18.2 Å². The van der Waals surface area contributed by atoms with E-state index in [0.717, 1.165) is 19.5 Å². The molecule has 1 saturated heterocycles. The number of aromatic nitrogens is 1. The maximum atomic E-state index is 14.0. The second-order valence-corrected chi connectivity index (χ2v) is 6.97.